The van der Waals surface area contributed by atoms with Crippen LogP contribution in [-0.4, -0.2) is 44.3 Å². The number of hydrogen-bond donors (Lipinski definition) is 4. The molecule has 0 saturated heterocycles. The van der Waals surface area contributed by atoms with Gasteiger partial charge in [-0.1, -0.05) is 13.8 Å². The molecule has 2 heterocycles. The van der Waals surface area contributed by atoms with Gasteiger partial charge in [-0.3, -0.25) is 9.59 Å². The molecule has 3 aromatic rings. The predicted octanol–water partition coefficient (Wildman–Crippen LogP) is 4.34. The van der Waals surface area contributed by atoms with Gasteiger partial charge in [-0.25, -0.2) is 17.5 Å². The number of benzene rings is 1. The fraction of sp³-hybridized carbons (Fsp3) is 0.440. The highest BCUT2D eigenvalue weighted by Gasteiger charge is 2.37. The second-order valence-corrected chi connectivity index (χ2v) is 12.1. The number of rotatable bonds is 13. The van der Waals surface area contributed by atoms with E-state index in [-0.39, 0.29) is 49.7 Å². The molecule has 2 aromatic heterocycles. The summed E-state index contributed by atoms with van der Waals surface area (Å²) in [6.45, 7) is 3.82. The number of sulfonamides is 1. The van der Waals surface area contributed by atoms with Gasteiger partial charge in [-0.2, -0.15) is 13.2 Å². The van der Waals surface area contributed by atoms with E-state index in [2.05, 4.69) is 20.3 Å². The van der Waals surface area contributed by atoms with Crippen LogP contribution in [-0.2, 0) is 32.2 Å². The van der Waals surface area contributed by atoms with Crippen molar-refractivity contribution in [3.8, 4) is 0 Å². The number of nitrogens with one attached hydrogen (secondary N) is 4. The normalized spacial score (nSPS) is 13.1. The van der Waals surface area contributed by atoms with Crippen LogP contribution >= 0.6 is 11.3 Å². The van der Waals surface area contributed by atoms with Gasteiger partial charge in [0.25, 0.3) is 0 Å². The summed E-state index contributed by atoms with van der Waals surface area (Å²) < 4.78 is 80.6. The smallest absolute Gasteiger partial charge is 0.357 e. The number of carbonyl (C=O) groups is 2. The number of halogens is 4. The van der Waals surface area contributed by atoms with E-state index in [4.69, 9.17) is 0 Å². The van der Waals surface area contributed by atoms with E-state index in [0.29, 0.717) is 25.0 Å². The Labute approximate surface area is 227 Å². The van der Waals surface area contributed by atoms with Crippen LogP contribution in [0.25, 0.3) is 10.2 Å². The summed E-state index contributed by atoms with van der Waals surface area (Å²) in [6, 6.07) is 4.41. The third-order valence-electron chi connectivity index (χ3n) is 5.74. The number of alkyl halides is 3. The van der Waals surface area contributed by atoms with Crippen molar-refractivity contribution in [2.24, 2.45) is 5.92 Å². The maximum absolute atomic E-state index is 13.3. The first-order chi connectivity index (χ1) is 18.3. The van der Waals surface area contributed by atoms with E-state index in [0.717, 1.165) is 15.9 Å². The molecule has 0 aliphatic rings. The van der Waals surface area contributed by atoms with Crippen molar-refractivity contribution in [3.05, 3.63) is 52.8 Å². The molecule has 1 aromatic carbocycles. The summed E-state index contributed by atoms with van der Waals surface area (Å²) in [7, 11) is -4.54. The molecule has 2 amide bonds. The number of aromatic amines is 1. The molecule has 1 atom stereocenters. The van der Waals surface area contributed by atoms with Gasteiger partial charge in [0.05, 0.1) is 27.1 Å². The number of amides is 2. The monoisotopic (exact) mass is 590 g/mol. The predicted molar refractivity (Wildman–Crippen MR) is 140 cm³/mol. The third kappa shape index (κ3) is 8.77. The van der Waals surface area contributed by atoms with Crippen LogP contribution in [0.3, 0.4) is 0 Å². The second-order valence-electron chi connectivity index (χ2n) is 9.45. The summed E-state index contributed by atoms with van der Waals surface area (Å²) >= 11 is 1.56. The Morgan fingerprint density at radius 2 is 1.79 bits per heavy atom. The summed E-state index contributed by atoms with van der Waals surface area (Å²) in [5.74, 6) is -1.77. The maximum atomic E-state index is 13.3. The van der Waals surface area contributed by atoms with Crippen LogP contribution in [0.2, 0.25) is 0 Å². The summed E-state index contributed by atoms with van der Waals surface area (Å²) in [6.07, 6.45) is -4.00. The number of unbranched alkanes of at least 4 members (excludes halogenated alkanes) is 1. The third-order valence-corrected chi connectivity index (χ3v) is 8.12. The summed E-state index contributed by atoms with van der Waals surface area (Å²) in [4.78, 5) is 27.4. The Balaban J connectivity index is 1.46. The fourth-order valence-electron chi connectivity index (χ4n) is 3.95. The topological polar surface area (TPSA) is 120 Å². The zero-order valence-electron chi connectivity index (χ0n) is 21.3. The van der Waals surface area contributed by atoms with Gasteiger partial charge in [0.15, 0.2) is 0 Å². The van der Waals surface area contributed by atoms with E-state index in [1.807, 2.05) is 31.4 Å². The molecule has 4 N–H and O–H groups in total. The number of carbonyl (C=O) groups excluding carboxylic acids is 2. The lowest BCUT2D eigenvalue weighted by Crippen LogP contribution is -2.48. The van der Waals surface area contributed by atoms with Gasteiger partial charge in [0.2, 0.25) is 21.8 Å². The van der Waals surface area contributed by atoms with Crippen molar-refractivity contribution >= 4 is 43.4 Å². The van der Waals surface area contributed by atoms with Gasteiger partial charge in [0, 0.05) is 18.8 Å². The number of thiophene rings is 1. The Hall–Kier alpha value is -2.97. The average Bonchev–Trinajstić information content (AvgIpc) is 3.41. The van der Waals surface area contributed by atoms with E-state index >= 15 is 0 Å². The van der Waals surface area contributed by atoms with Crippen molar-refractivity contribution < 1.29 is 35.6 Å². The highest BCUT2D eigenvalue weighted by molar-refractivity contribution is 7.89. The SMILES string of the molecule is CC(C)C[C@H](NC(=O)Cc1cc2sccc2[nH]1)C(=O)NCCCCNS(=O)(=O)c1ccc(F)cc1C(F)(F)F. The molecule has 214 valence electrons. The van der Waals surface area contributed by atoms with Crippen LogP contribution in [0, 0.1) is 11.7 Å². The van der Waals surface area contributed by atoms with E-state index in [1.165, 1.54) is 0 Å². The molecule has 0 aliphatic heterocycles. The quantitative estimate of drug-likeness (QED) is 0.175. The van der Waals surface area contributed by atoms with Gasteiger partial charge >= 0.3 is 6.18 Å². The molecule has 0 saturated carbocycles. The molecular formula is C25H30F4N4O4S2. The number of aromatic nitrogens is 1. The lowest BCUT2D eigenvalue weighted by Gasteiger charge is -2.20. The molecule has 0 spiro atoms. The minimum absolute atomic E-state index is 0.0908. The molecule has 39 heavy (non-hydrogen) atoms. The minimum Gasteiger partial charge on any atom is -0.357 e. The van der Waals surface area contributed by atoms with Gasteiger partial charge < -0.3 is 15.6 Å². The number of fused-ring (bicyclic) bond motifs is 1. The number of H-pyrrole nitrogens is 1. The lowest BCUT2D eigenvalue weighted by molar-refractivity contribution is -0.140. The fourth-order valence-corrected chi connectivity index (χ4v) is 6.03. The molecule has 0 radical (unpaired) electrons. The largest absolute Gasteiger partial charge is 0.417 e. The van der Waals surface area contributed by atoms with Crippen LogP contribution in [0.5, 0.6) is 0 Å². The van der Waals surface area contributed by atoms with Crippen molar-refractivity contribution in [1.29, 1.82) is 0 Å². The van der Waals surface area contributed by atoms with Crippen LogP contribution in [0.1, 0.15) is 44.4 Å². The van der Waals surface area contributed by atoms with Crippen LogP contribution < -0.4 is 15.4 Å². The average molecular weight is 591 g/mol. The molecule has 0 fully saturated rings. The molecule has 0 bridgehead atoms. The lowest BCUT2D eigenvalue weighted by atomic mass is 10.0. The van der Waals surface area contributed by atoms with Crippen molar-refractivity contribution in [1.82, 2.24) is 20.3 Å². The Morgan fingerprint density at radius 3 is 2.46 bits per heavy atom. The van der Waals surface area contributed by atoms with Crippen molar-refractivity contribution in [2.75, 3.05) is 13.1 Å². The molecule has 14 heteroatoms. The van der Waals surface area contributed by atoms with Crippen LogP contribution in [0.15, 0.2) is 40.6 Å². The molecule has 8 nitrogen and oxygen atoms in total. The van der Waals surface area contributed by atoms with E-state index in [9.17, 15) is 35.6 Å². The number of hydrogen-bond acceptors (Lipinski definition) is 5. The van der Waals surface area contributed by atoms with Crippen molar-refractivity contribution in [2.45, 2.75) is 56.6 Å². The molecular weight excluding hydrogens is 560 g/mol. The first kappa shape index (κ1) is 30.6. The van der Waals surface area contributed by atoms with Gasteiger partial charge in [-0.15, -0.1) is 11.3 Å². The highest BCUT2D eigenvalue weighted by atomic mass is 32.2. The second kappa shape index (κ2) is 12.9. The first-order valence-corrected chi connectivity index (χ1v) is 14.6. The van der Waals surface area contributed by atoms with Gasteiger partial charge in [0.1, 0.15) is 11.9 Å². The van der Waals surface area contributed by atoms with Gasteiger partial charge in [-0.05, 0) is 60.9 Å². The minimum atomic E-state index is -5.05. The molecule has 0 aliphatic carbocycles. The molecule has 0 unspecified atom stereocenters. The highest BCUT2D eigenvalue weighted by Crippen LogP contribution is 2.34. The van der Waals surface area contributed by atoms with Crippen LogP contribution in [0.4, 0.5) is 17.6 Å². The standard InChI is InChI=1S/C25H30F4N4O4S2/c1-15(2)11-20(33-23(34)14-17-13-21-19(32-17)7-10-38-21)24(35)30-8-3-4-9-31-39(36,37)22-6-5-16(26)12-18(22)25(27,28)29/h5-7,10,12-13,15,20,31-32H,3-4,8-9,11,14H2,1-2H3,(H,30,35)(H,33,34)/t20-/m0/s1. The Kier molecular flexibility index (Phi) is 10.1. The zero-order valence-corrected chi connectivity index (χ0v) is 23.0. The van der Waals surface area contributed by atoms with Crippen molar-refractivity contribution in [3.63, 3.8) is 0 Å². The zero-order chi connectivity index (χ0) is 28.8. The Bertz CT molecular complexity index is 1370. The first-order valence-electron chi connectivity index (χ1n) is 12.2. The van der Waals surface area contributed by atoms with E-state index in [1.54, 1.807) is 11.3 Å². The summed E-state index contributed by atoms with van der Waals surface area (Å²) in [5, 5.41) is 7.42. The molecule has 3 rings (SSSR count). The maximum Gasteiger partial charge on any atom is 0.417 e. The van der Waals surface area contributed by atoms with E-state index < -0.39 is 38.5 Å². The Morgan fingerprint density at radius 1 is 1.08 bits per heavy atom. The summed E-state index contributed by atoms with van der Waals surface area (Å²) in [5.41, 5.74) is 0.0973.